The van der Waals surface area contributed by atoms with Crippen LogP contribution in [0.25, 0.3) is 0 Å². The molecule has 1 aromatic carbocycles. The Morgan fingerprint density at radius 1 is 1.25 bits per heavy atom. The fourth-order valence-electron chi connectivity index (χ4n) is 1.75. The van der Waals surface area contributed by atoms with Crippen LogP contribution in [-0.4, -0.2) is 24.1 Å². The molecule has 0 fully saturated rings. The summed E-state index contributed by atoms with van der Waals surface area (Å²) in [5.41, 5.74) is 0.517. The smallest absolute Gasteiger partial charge is 0.330 e. The molecule has 1 amide bonds. The van der Waals surface area contributed by atoms with Gasteiger partial charge in [-0.3, -0.25) is 4.79 Å². The van der Waals surface area contributed by atoms with Crippen LogP contribution >= 0.6 is 11.3 Å². The third-order valence-electron chi connectivity index (χ3n) is 2.71. The molecule has 20 heavy (non-hydrogen) atoms. The van der Waals surface area contributed by atoms with Crippen molar-refractivity contribution in [3.8, 4) is 5.75 Å². The minimum Gasteiger partial charge on any atom is -0.495 e. The number of nitrogens with one attached hydrogen (secondary N) is 1. The van der Waals surface area contributed by atoms with Gasteiger partial charge in [-0.1, -0.05) is 30.3 Å². The fourth-order valence-corrected chi connectivity index (χ4v) is 2.51. The van der Waals surface area contributed by atoms with Gasteiger partial charge in [0.25, 0.3) is 5.91 Å². The number of carbonyl (C=O) groups is 2. The van der Waals surface area contributed by atoms with Gasteiger partial charge in [0.15, 0.2) is 6.04 Å². The predicted molar refractivity (Wildman–Crippen MR) is 75.2 cm³/mol. The van der Waals surface area contributed by atoms with Gasteiger partial charge in [-0.2, -0.15) is 0 Å². The van der Waals surface area contributed by atoms with Crippen molar-refractivity contribution in [1.29, 1.82) is 0 Å². The first-order valence-corrected chi connectivity index (χ1v) is 6.71. The number of amides is 1. The van der Waals surface area contributed by atoms with Crippen LogP contribution in [-0.2, 0) is 4.79 Å². The molecule has 1 atom stereocenters. The van der Waals surface area contributed by atoms with Crippen molar-refractivity contribution in [3.05, 3.63) is 52.2 Å². The molecule has 1 heterocycles. The maximum atomic E-state index is 12.1. The van der Waals surface area contributed by atoms with Crippen LogP contribution in [0.5, 0.6) is 5.75 Å². The van der Waals surface area contributed by atoms with Gasteiger partial charge in [-0.25, -0.2) is 4.79 Å². The Bertz CT molecular complexity index is 609. The summed E-state index contributed by atoms with van der Waals surface area (Å²) < 4.78 is 5.06. The first-order valence-electron chi connectivity index (χ1n) is 5.83. The number of hydrogen-bond donors (Lipinski definition) is 2. The van der Waals surface area contributed by atoms with E-state index in [0.29, 0.717) is 16.2 Å². The Labute approximate surface area is 119 Å². The Morgan fingerprint density at radius 3 is 2.55 bits per heavy atom. The average Bonchev–Trinajstić information content (AvgIpc) is 2.93. The molecular formula is C14H13NO4S. The Morgan fingerprint density at radius 2 is 1.95 bits per heavy atom. The van der Waals surface area contributed by atoms with E-state index in [4.69, 9.17) is 4.74 Å². The number of hydrogen-bond acceptors (Lipinski definition) is 4. The second-order valence-electron chi connectivity index (χ2n) is 3.97. The van der Waals surface area contributed by atoms with E-state index in [1.165, 1.54) is 18.4 Å². The maximum Gasteiger partial charge on any atom is 0.330 e. The monoisotopic (exact) mass is 291 g/mol. The lowest BCUT2D eigenvalue weighted by molar-refractivity contribution is -0.139. The maximum absolute atomic E-state index is 12.1. The van der Waals surface area contributed by atoms with E-state index in [1.54, 1.807) is 41.8 Å². The molecule has 0 radical (unpaired) electrons. The number of carboxylic acids is 1. The van der Waals surface area contributed by atoms with Crippen LogP contribution in [0.15, 0.2) is 41.8 Å². The second kappa shape index (κ2) is 6.21. The summed E-state index contributed by atoms with van der Waals surface area (Å²) in [5.74, 6) is -1.14. The highest BCUT2D eigenvalue weighted by molar-refractivity contribution is 7.12. The number of carboxylic acid groups (broad SMARTS) is 1. The molecule has 5 nitrogen and oxygen atoms in total. The van der Waals surface area contributed by atoms with Crippen molar-refractivity contribution in [2.45, 2.75) is 6.04 Å². The summed E-state index contributed by atoms with van der Waals surface area (Å²) in [4.78, 5) is 23.8. The topological polar surface area (TPSA) is 75.6 Å². The average molecular weight is 291 g/mol. The number of benzene rings is 1. The predicted octanol–water partition coefficient (Wildman–Crippen LogP) is 2.31. The molecule has 6 heteroatoms. The number of carbonyl (C=O) groups excluding carboxylic acids is 1. The summed E-state index contributed by atoms with van der Waals surface area (Å²) in [6.45, 7) is 0. The summed E-state index contributed by atoms with van der Waals surface area (Å²) >= 11 is 1.20. The SMILES string of the molecule is COc1ccsc1C(=O)NC(C(=O)O)c1ccccc1. The molecule has 0 aliphatic carbocycles. The van der Waals surface area contributed by atoms with Crippen LogP contribution < -0.4 is 10.1 Å². The summed E-state index contributed by atoms with van der Waals surface area (Å²) in [5, 5.41) is 13.5. The molecule has 104 valence electrons. The largest absolute Gasteiger partial charge is 0.495 e. The molecule has 2 aromatic rings. The number of ether oxygens (including phenoxy) is 1. The van der Waals surface area contributed by atoms with E-state index in [0.717, 1.165) is 0 Å². The second-order valence-corrected chi connectivity index (χ2v) is 4.89. The van der Waals surface area contributed by atoms with Crippen LogP contribution in [0.4, 0.5) is 0 Å². The molecule has 1 aromatic heterocycles. The molecule has 1 unspecified atom stereocenters. The normalized spacial score (nSPS) is 11.7. The van der Waals surface area contributed by atoms with Crippen molar-refractivity contribution in [2.24, 2.45) is 0 Å². The van der Waals surface area contributed by atoms with Crippen molar-refractivity contribution >= 4 is 23.2 Å². The van der Waals surface area contributed by atoms with E-state index < -0.39 is 17.9 Å². The lowest BCUT2D eigenvalue weighted by Crippen LogP contribution is -2.33. The lowest BCUT2D eigenvalue weighted by Gasteiger charge is -2.14. The molecule has 2 rings (SSSR count). The third kappa shape index (κ3) is 2.97. The highest BCUT2D eigenvalue weighted by Gasteiger charge is 2.24. The van der Waals surface area contributed by atoms with Gasteiger partial charge in [0.2, 0.25) is 0 Å². The molecule has 0 saturated carbocycles. The van der Waals surface area contributed by atoms with Gasteiger partial charge in [-0.15, -0.1) is 11.3 Å². The Balaban J connectivity index is 2.21. The van der Waals surface area contributed by atoms with Crippen molar-refractivity contribution in [2.75, 3.05) is 7.11 Å². The number of rotatable bonds is 5. The summed E-state index contributed by atoms with van der Waals surface area (Å²) in [7, 11) is 1.46. The van der Waals surface area contributed by atoms with Crippen molar-refractivity contribution in [3.63, 3.8) is 0 Å². The summed E-state index contributed by atoms with van der Waals surface area (Å²) in [6, 6.07) is 9.13. The molecule has 2 N–H and O–H groups in total. The van der Waals surface area contributed by atoms with Crippen LogP contribution in [0.3, 0.4) is 0 Å². The molecular weight excluding hydrogens is 278 g/mol. The van der Waals surface area contributed by atoms with Gasteiger partial charge >= 0.3 is 5.97 Å². The van der Waals surface area contributed by atoms with Crippen molar-refractivity contribution < 1.29 is 19.4 Å². The van der Waals surface area contributed by atoms with Gasteiger partial charge < -0.3 is 15.2 Å². The first kappa shape index (κ1) is 14.1. The zero-order valence-electron chi connectivity index (χ0n) is 10.7. The fraction of sp³-hybridized carbons (Fsp3) is 0.143. The highest BCUT2D eigenvalue weighted by atomic mass is 32.1. The van der Waals surface area contributed by atoms with Gasteiger partial charge in [0.1, 0.15) is 10.6 Å². The van der Waals surface area contributed by atoms with E-state index in [-0.39, 0.29) is 0 Å². The minimum absolute atomic E-state index is 0.356. The molecule has 0 bridgehead atoms. The van der Waals surface area contributed by atoms with E-state index in [2.05, 4.69) is 5.32 Å². The third-order valence-corrected chi connectivity index (χ3v) is 3.60. The van der Waals surface area contributed by atoms with Crippen LogP contribution in [0.1, 0.15) is 21.3 Å². The number of aliphatic carboxylic acids is 1. The molecule has 0 aliphatic rings. The van der Waals surface area contributed by atoms with E-state index in [1.807, 2.05) is 0 Å². The van der Waals surface area contributed by atoms with Gasteiger partial charge in [-0.05, 0) is 17.0 Å². The van der Waals surface area contributed by atoms with Gasteiger partial charge in [0, 0.05) is 0 Å². The standard InChI is InChI=1S/C14H13NO4S/c1-19-10-7-8-20-12(10)13(16)15-11(14(17)18)9-5-3-2-4-6-9/h2-8,11H,1H3,(H,15,16)(H,17,18). The van der Waals surface area contributed by atoms with Crippen LogP contribution in [0.2, 0.25) is 0 Å². The lowest BCUT2D eigenvalue weighted by atomic mass is 10.1. The zero-order chi connectivity index (χ0) is 14.5. The molecule has 0 saturated heterocycles. The van der Waals surface area contributed by atoms with Crippen LogP contribution in [0, 0.1) is 0 Å². The molecule has 0 spiro atoms. The summed E-state index contributed by atoms with van der Waals surface area (Å²) in [6.07, 6.45) is 0. The Kier molecular flexibility index (Phi) is 4.37. The first-order chi connectivity index (χ1) is 9.63. The quantitative estimate of drug-likeness (QED) is 0.886. The van der Waals surface area contributed by atoms with E-state index >= 15 is 0 Å². The molecule has 0 aliphatic heterocycles. The number of thiophene rings is 1. The van der Waals surface area contributed by atoms with Crippen molar-refractivity contribution in [1.82, 2.24) is 5.32 Å². The minimum atomic E-state index is -1.11. The highest BCUT2D eigenvalue weighted by Crippen LogP contribution is 2.25. The Hall–Kier alpha value is -2.34. The number of methoxy groups -OCH3 is 1. The zero-order valence-corrected chi connectivity index (χ0v) is 11.5. The van der Waals surface area contributed by atoms with E-state index in [9.17, 15) is 14.7 Å². The van der Waals surface area contributed by atoms with Gasteiger partial charge in [0.05, 0.1) is 7.11 Å².